The minimum Gasteiger partial charge on any atom is -0.346 e. The number of nitrogens with zero attached hydrogens (tertiary/aromatic N) is 1. The topological polar surface area (TPSA) is 54.7 Å². The summed E-state index contributed by atoms with van der Waals surface area (Å²) in [5, 5.41) is 0. The fourth-order valence-corrected chi connectivity index (χ4v) is 1.26. The van der Waals surface area contributed by atoms with Crippen molar-refractivity contribution in [3.63, 3.8) is 0 Å². The predicted molar refractivity (Wildman–Crippen MR) is 49.9 cm³/mol. The second-order valence-electron chi connectivity index (χ2n) is 3.06. The van der Waals surface area contributed by atoms with Gasteiger partial charge in [-0.1, -0.05) is 13.8 Å². The molecule has 0 radical (unpaired) electrons. The number of nitrogens with two attached hydrogens (primary N) is 1. The van der Waals surface area contributed by atoms with E-state index in [1.807, 2.05) is 6.92 Å². The number of nitrogens with one attached hydrogen (secondary N) is 1. The molecule has 0 spiro atoms. The molecule has 3 nitrogen and oxygen atoms in total. The Morgan fingerprint density at radius 2 is 2.17 bits per heavy atom. The van der Waals surface area contributed by atoms with Gasteiger partial charge in [-0.15, -0.1) is 0 Å². The maximum absolute atomic E-state index is 5.88. The van der Waals surface area contributed by atoms with Crippen LogP contribution in [0.5, 0.6) is 0 Å². The van der Waals surface area contributed by atoms with Crippen LogP contribution in [0, 0.1) is 6.92 Å². The zero-order valence-corrected chi connectivity index (χ0v) is 8.02. The summed E-state index contributed by atoms with van der Waals surface area (Å²) < 4.78 is 0. The van der Waals surface area contributed by atoms with Crippen LogP contribution >= 0.6 is 0 Å². The second kappa shape index (κ2) is 3.72. The van der Waals surface area contributed by atoms with Crippen LogP contribution < -0.4 is 5.73 Å². The highest BCUT2D eigenvalue weighted by molar-refractivity contribution is 5.16. The Hall–Kier alpha value is -0.830. The summed E-state index contributed by atoms with van der Waals surface area (Å²) in [6.07, 6.45) is 1.88. The molecular weight excluding hydrogens is 150 g/mol. The third-order valence-electron chi connectivity index (χ3n) is 2.10. The highest BCUT2D eigenvalue weighted by atomic mass is 15.0. The minimum atomic E-state index is 0.0848. The molecule has 0 saturated carbocycles. The lowest BCUT2D eigenvalue weighted by Crippen LogP contribution is -2.10. The van der Waals surface area contributed by atoms with E-state index in [9.17, 15) is 0 Å². The fourth-order valence-electron chi connectivity index (χ4n) is 1.26. The fraction of sp³-hybridized carbons (Fsp3) is 0.667. The molecule has 0 bridgehead atoms. The van der Waals surface area contributed by atoms with Crippen molar-refractivity contribution in [3.05, 3.63) is 17.2 Å². The van der Waals surface area contributed by atoms with Crippen LogP contribution in [-0.2, 0) is 6.42 Å². The first-order chi connectivity index (χ1) is 5.69. The van der Waals surface area contributed by atoms with Crippen molar-refractivity contribution < 1.29 is 0 Å². The molecule has 1 aromatic rings. The Balaban J connectivity index is 2.91. The van der Waals surface area contributed by atoms with E-state index in [0.717, 1.165) is 30.1 Å². The van der Waals surface area contributed by atoms with Gasteiger partial charge in [-0.25, -0.2) is 4.98 Å². The molecule has 12 heavy (non-hydrogen) atoms. The largest absolute Gasteiger partial charge is 0.346 e. The quantitative estimate of drug-likeness (QED) is 0.719. The zero-order chi connectivity index (χ0) is 9.14. The lowest BCUT2D eigenvalue weighted by molar-refractivity contribution is 0.673. The van der Waals surface area contributed by atoms with Crippen LogP contribution in [0.1, 0.15) is 43.5 Å². The molecule has 68 valence electrons. The molecule has 0 aliphatic heterocycles. The molecule has 1 rings (SSSR count). The number of aryl methyl sites for hydroxylation is 2. The zero-order valence-electron chi connectivity index (χ0n) is 8.02. The van der Waals surface area contributed by atoms with Gasteiger partial charge >= 0.3 is 0 Å². The average molecular weight is 167 g/mol. The SMILES string of the molecule is CCc1nc(C(N)CC)c(C)[nH]1. The van der Waals surface area contributed by atoms with Crippen molar-refractivity contribution in [1.29, 1.82) is 0 Å². The van der Waals surface area contributed by atoms with Crippen molar-refractivity contribution >= 4 is 0 Å². The van der Waals surface area contributed by atoms with Crippen molar-refractivity contribution in [2.75, 3.05) is 0 Å². The van der Waals surface area contributed by atoms with E-state index in [1.165, 1.54) is 0 Å². The first kappa shape index (κ1) is 9.26. The third kappa shape index (κ3) is 1.67. The number of rotatable bonds is 3. The number of imidazole rings is 1. The average Bonchev–Trinajstić information content (AvgIpc) is 2.45. The van der Waals surface area contributed by atoms with Gasteiger partial charge in [0.15, 0.2) is 0 Å². The minimum absolute atomic E-state index is 0.0848. The van der Waals surface area contributed by atoms with Crippen molar-refractivity contribution in [3.8, 4) is 0 Å². The maximum Gasteiger partial charge on any atom is 0.106 e. The molecule has 1 atom stereocenters. The summed E-state index contributed by atoms with van der Waals surface area (Å²) in [5.74, 6) is 1.03. The second-order valence-corrected chi connectivity index (χ2v) is 3.06. The number of hydrogen-bond acceptors (Lipinski definition) is 2. The molecule has 1 heterocycles. The van der Waals surface area contributed by atoms with E-state index in [0.29, 0.717) is 0 Å². The predicted octanol–water partition coefficient (Wildman–Crippen LogP) is 1.69. The molecule has 0 amide bonds. The van der Waals surface area contributed by atoms with Gasteiger partial charge in [-0.2, -0.15) is 0 Å². The van der Waals surface area contributed by atoms with Gasteiger partial charge in [0.2, 0.25) is 0 Å². The Kier molecular flexibility index (Phi) is 2.87. The Labute approximate surface area is 73.4 Å². The molecule has 3 heteroatoms. The van der Waals surface area contributed by atoms with E-state index >= 15 is 0 Å². The van der Waals surface area contributed by atoms with Gasteiger partial charge in [0.05, 0.1) is 5.69 Å². The first-order valence-electron chi connectivity index (χ1n) is 4.50. The number of H-pyrrole nitrogens is 1. The summed E-state index contributed by atoms with van der Waals surface area (Å²) in [5.41, 5.74) is 8.02. The molecule has 0 fully saturated rings. The summed E-state index contributed by atoms with van der Waals surface area (Å²) in [6, 6.07) is 0.0848. The summed E-state index contributed by atoms with van der Waals surface area (Å²) in [6.45, 7) is 6.18. The van der Waals surface area contributed by atoms with Gasteiger partial charge < -0.3 is 10.7 Å². The van der Waals surface area contributed by atoms with Crippen LogP contribution in [0.15, 0.2) is 0 Å². The highest BCUT2D eigenvalue weighted by Gasteiger charge is 2.11. The molecule has 0 aliphatic rings. The number of aromatic amines is 1. The van der Waals surface area contributed by atoms with Gasteiger partial charge in [0.25, 0.3) is 0 Å². The van der Waals surface area contributed by atoms with Crippen molar-refractivity contribution in [2.45, 2.75) is 39.7 Å². The Morgan fingerprint density at radius 3 is 2.58 bits per heavy atom. The maximum atomic E-state index is 5.88. The van der Waals surface area contributed by atoms with Gasteiger partial charge in [-0.05, 0) is 13.3 Å². The Bertz CT molecular complexity index is 252. The number of hydrogen-bond donors (Lipinski definition) is 2. The van der Waals surface area contributed by atoms with Crippen LogP contribution in [-0.4, -0.2) is 9.97 Å². The van der Waals surface area contributed by atoms with Gasteiger partial charge in [0.1, 0.15) is 5.82 Å². The lowest BCUT2D eigenvalue weighted by Gasteiger charge is -2.04. The normalized spacial score (nSPS) is 13.3. The summed E-state index contributed by atoms with van der Waals surface area (Å²) >= 11 is 0. The van der Waals surface area contributed by atoms with Crippen molar-refractivity contribution in [1.82, 2.24) is 9.97 Å². The van der Waals surface area contributed by atoms with Gasteiger partial charge in [-0.3, -0.25) is 0 Å². The molecule has 0 aliphatic carbocycles. The molecule has 0 saturated heterocycles. The highest BCUT2D eigenvalue weighted by Crippen LogP contribution is 2.15. The monoisotopic (exact) mass is 167 g/mol. The van der Waals surface area contributed by atoms with Crippen LogP contribution in [0.3, 0.4) is 0 Å². The van der Waals surface area contributed by atoms with Gasteiger partial charge in [0, 0.05) is 18.2 Å². The molecule has 3 N–H and O–H groups in total. The van der Waals surface area contributed by atoms with E-state index < -0.39 is 0 Å². The summed E-state index contributed by atoms with van der Waals surface area (Å²) in [7, 11) is 0. The lowest BCUT2D eigenvalue weighted by atomic mass is 10.1. The van der Waals surface area contributed by atoms with Crippen LogP contribution in [0.4, 0.5) is 0 Å². The molecule has 0 aromatic carbocycles. The molecular formula is C9H17N3. The van der Waals surface area contributed by atoms with E-state index in [2.05, 4.69) is 23.8 Å². The number of aromatic nitrogens is 2. The first-order valence-corrected chi connectivity index (χ1v) is 4.50. The third-order valence-corrected chi connectivity index (χ3v) is 2.10. The molecule has 1 unspecified atom stereocenters. The van der Waals surface area contributed by atoms with Crippen molar-refractivity contribution in [2.24, 2.45) is 5.73 Å². The van der Waals surface area contributed by atoms with Crippen LogP contribution in [0.2, 0.25) is 0 Å². The van der Waals surface area contributed by atoms with E-state index in [1.54, 1.807) is 0 Å². The Morgan fingerprint density at radius 1 is 1.50 bits per heavy atom. The molecule has 1 aromatic heterocycles. The van der Waals surface area contributed by atoms with Crippen LogP contribution in [0.25, 0.3) is 0 Å². The standard InChI is InChI=1S/C9H17N3/c1-4-7(10)9-6(3)11-8(5-2)12-9/h7H,4-5,10H2,1-3H3,(H,11,12). The van der Waals surface area contributed by atoms with E-state index in [-0.39, 0.29) is 6.04 Å². The van der Waals surface area contributed by atoms with E-state index in [4.69, 9.17) is 5.73 Å². The smallest absolute Gasteiger partial charge is 0.106 e. The summed E-state index contributed by atoms with van der Waals surface area (Å²) in [4.78, 5) is 7.64.